The first-order valence-corrected chi connectivity index (χ1v) is 16.6. The molecule has 6 aromatic rings. The van der Waals surface area contributed by atoms with Gasteiger partial charge in [0.15, 0.2) is 0 Å². The van der Waals surface area contributed by atoms with Gasteiger partial charge in [0.25, 0.3) is 0 Å². The molecular weight excluding hydrogens is 642 g/mol. The second kappa shape index (κ2) is 4.43. The van der Waals surface area contributed by atoms with E-state index in [9.17, 15) is 0 Å². The summed E-state index contributed by atoms with van der Waals surface area (Å²) in [5, 5.41) is 0. The van der Waals surface area contributed by atoms with Gasteiger partial charge in [-0.05, 0) is 0 Å². The van der Waals surface area contributed by atoms with Gasteiger partial charge < -0.3 is 0 Å². The van der Waals surface area contributed by atoms with E-state index in [-0.39, 0.29) is 0 Å². The van der Waals surface area contributed by atoms with E-state index >= 15 is 0 Å². The molecule has 0 unspecified atom stereocenters. The van der Waals surface area contributed by atoms with Gasteiger partial charge in [0.05, 0.1) is 0 Å². The molecule has 0 fully saturated rings. The van der Waals surface area contributed by atoms with Gasteiger partial charge in [-0.2, -0.15) is 0 Å². The molecular formula is C14H4Se6. The molecule has 0 aromatic carbocycles. The van der Waals surface area contributed by atoms with Crippen molar-refractivity contribution in [3.8, 4) is 0 Å². The van der Waals surface area contributed by atoms with Crippen LogP contribution >= 0.6 is 0 Å². The topological polar surface area (TPSA) is 0 Å². The summed E-state index contributed by atoms with van der Waals surface area (Å²) in [7, 11) is 0. The third-order valence-electron chi connectivity index (χ3n) is 3.53. The molecule has 0 aliphatic rings. The standard InChI is InChI=1S/C14H4Se6/c1-3-15-7-5(1)17-11-9(7)19-14-12-10(20-13(11)14)8-6(18-12)2-4-16-8/h1-4H. The van der Waals surface area contributed by atoms with Crippen LogP contribution in [0.25, 0.3) is 42.6 Å². The molecule has 0 bridgehead atoms. The Kier molecular flexibility index (Phi) is 2.81. The maximum absolute atomic E-state index is 2.45. The van der Waals surface area contributed by atoms with Crippen LogP contribution in [-0.2, 0) is 0 Å². The summed E-state index contributed by atoms with van der Waals surface area (Å²) in [6, 6.07) is 4.89. The van der Waals surface area contributed by atoms with E-state index in [1.54, 1.807) is 8.52 Å². The Morgan fingerprint density at radius 2 is 0.850 bits per heavy atom. The molecule has 6 heteroatoms. The summed E-state index contributed by atoms with van der Waals surface area (Å²) in [5.74, 6) is 0. The fourth-order valence-corrected chi connectivity index (χ4v) is 25.8. The van der Waals surface area contributed by atoms with E-state index in [1.807, 2.05) is 34.1 Å². The van der Waals surface area contributed by atoms with Crippen molar-refractivity contribution in [1.82, 2.24) is 0 Å². The molecule has 0 N–H and O–H groups in total. The van der Waals surface area contributed by atoms with Crippen molar-refractivity contribution in [2.24, 2.45) is 0 Å². The average molecular weight is 646 g/mol. The summed E-state index contributed by atoms with van der Waals surface area (Å²) in [6.07, 6.45) is 0. The number of fused-ring (bicyclic) bond motifs is 9. The number of hydrogen-bond donors (Lipinski definition) is 0. The third kappa shape index (κ3) is 1.52. The van der Waals surface area contributed by atoms with Crippen molar-refractivity contribution in [2.75, 3.05) is 0 Å². The minimum absolute atomic E-state index is 0.670. The van der Waals surface area contributed by atoms with Crippen molar-refractivity contribution in [3.63, 3.8) is 0 Å². The molecule has 6 aromatic heterocycles. The van der Waals surface area contributed by atoms with Gasteiger partial charge in [-0.1, -0.05) is 0 Å². The maximum atomic E-state index is 2.45. The van der Waals surface area contributed by atoms with Crippen LogP contribution in [0.5, 0.6) is 0 Å². The zero-order valence-electron chi connectivity index (χ0n) is 9.76. The Balaban J connectivity index is 1.93. The molecule has 0 aliphatic carbocycles. The van der Waals surface area contributed by atoms with E-state index in [0.29, 0.717) is 87.0 Å². The van der Waals surface area contributed by atoms with Crippen LogP contribution in [0, 0.1) is 0 Å². The van der Waals surface area contributed by atoms with Gasteiger partial charge in [0.2, 0.25) is 0 Å². The van der Waals surface area contributed by atoms with Crippen LogP contribution in [0.3, 0.4) is 0 Å². The summed E-state index contributed by atoms with van der Waals surface area (Å²) in [4.78, 5) is 4.89. The molecule has 0 saturated heterocycles. The molecule has 20 heavy (non-hydrogen) atoms. The van der Waals surface area contributed by atoms with E-state index in [4.69, 9.17) is 0 Å². The van der Waals surface area contributed by atoms with Gasteiger partial charge in [-0.25, -0.2) is 0 Å². The Morgan fingerprint density at radius 3 is 1.35 bits per heavy atom. The second-order valence-electron chi connectivity index (χ2n) is 4.61. The predicted octanol–water partition coefficient (Wildman–Crippen LogP) is 1.79. The van der Waals surface area contributed by atoms with E-state index in [2.05, 4.69) is 22.0 Å². The van der Waals surface area contributed by atoms with E-state index in [0.717, 1.165) is 0 Å². The van der Waals surface area contributed by atoms with Crippen LogP contribution in [0.2, 0.25) is 0 Å². The molecule has 0 nitrogen and oxygen atoms in total. The van der Waals surface area contributed by atoms with Crippen molar-refractivity contribution in [2.45, 2.75) is 0 Å². The molecule has 0 spiro atoms. The van der Waals surface area contributed by atoms with E-state index in [1.165, 1.54) is 0 Å². The molecule has 0 atom stereocenters. The normalized spacial score (nSPS) is 13.0. The minimum atomic E-state index is 0.670. The van der Waals surface area contributed by atoms with E-state index < -0.39 is 0 Å². The van der Waals surface area contributed by atoms with Crippen molar-refractivity contribution >= 4 is 130 Å². The number of hydrogen-bond acceptors (Lipinski definition) is 0. The first-order chi connectivity index (χ1) is 9.90. The van der Waals surface area contributed by atoms with Crippen molar-refractivity contribution < 1.29 is 0 Å². The van der Waals surface area contributed by atoms with Crippen LogP contribution < -0.4 is 0 Å². The molecule has 96 valence electrons. The summed E-state index contributed by atoms with van der Waals surface area (Å²) < 4.78 is 18.3. The fraction of sp³-hybridized carbons (Fsp3) is 0. The predicted molar refractivity (Wildman–Crippen MR) is 95.6 cm³/mol. The Bertz CT molecular complexity index is 1150. The molecule has 0 radical (unpaired) electrons. The van der Waals surface area contributed by atoms with Gasteiger partial charge in [-0.15, -0.1) is 0 Å². The van der Waals surface area contributed by atoms with Gasteiger partial charge in [-0.3, -0.25) is 0 Å². The van der Waals surface area contributed by atoms with Crippen molar-refractivity contribution in [1.29, 1.82) is 0 Å². The van der Waals surface area contributed by atoms with Crippen LogP contribution in [0.15, 0.2) is 22.0 Å². The zero-order chi connectivity index (χ0) is 12.8. The second-order valence-corrected chi connectivity index (χ2v) is 17.2. The van der Waals surface area contributed by atoms with Gasteiger partial charge >= 0.3 is 152 Å². The summed E-state index contributed by atoms with van der Waals surface area (Å²) in [5.41, 5.74) is 0. The first kappa shape index (κ1) is 12.7. The Hall–Kier alpha value is 1.30. The fourth-order valence-electron chi connectivity index (χ4n) is 2.69. The monoisotopic (exact) mass is 652 g/mol. The van der Waals surface area contributed by atoms with Gasteiger partial charge in [0.1, 0.15) is 0 Å². The molecule has 6 heterocycles. The van der Waals surface area contributed by atoms with Crippen LogP contribution in [0.4, 0.5) is 0 Å². The molecule has 6 rings (SSSR count). The molecule has 0 saturated carbocycles. The van der Waals surface area contributed by atoms with Gasteiger partial charge in [0, 0.05) is 0 Å². The summed E-state index contributed by atoms with van der Waals surface area (Å²) >= 11 is 4.04. The summed E-state index contributed by atoms with van der Waals surface area (Å²) in [6.45, 7) is 0. The SMILES string of the molecule is c1cc2[se]c3c([se]c4c5[se]c6cc[se]c6c5[se]c34)c2[se]1. The quantitative estimate of drug-likeness (QED) is 0.221. The average Bonchev–Trinajstić information content (AvgIpc) is 3.14. The Morgan fingerprint density at radius 1 is 0.450 bits per heavy atom. The molecule has 0 aliphatic heterocycles. The Labute approximate surface area is 149 Å². The molecule has 0 amide bonds. The number of rotatable bonds is 0. The van der Waals surface area contributed by atoms with Crippen LogP contribution in [-0.4, -0.2) is 87.0 Å². The zero-order valence-corrected chi connectivity index (χ0v) is 20.0. The van der Waals surface area contributed by atoms with Crippen LogP contribution in [0.1, 0.15) is 0 Å². The van der Waals surface area contributed by atoms with Crippen molar-refractivity contribution in [3.05, 3.63) is 22.0 Å². The third-order valence-corrected chi connectivity index (χ3v) is 23.4. The first-order valence-electron chi connectivity index (χ1n) is 6.01.